The van der Waals surface area contributed by atoms with E-state index in [1.807, 2.05) is 0 Å². The molecule has 1 fully saturated rings. The van der Waals surface area contributed by atoms with Crippen molar-refractivity contribution in [2.45, 2.75) is 38.7 Å². The van der Waals surface area contributed by atoms with Gasteiger partial charge in [-0.05, 0) is 19.3 Å². The summed E-state index contributed by atoms with van der Waals surface area (Å²) in [6.07, 6.45) is 3.58. The molecule has 0 unspecified atom stereocenters. The average Bonchev–Trinajstić information content (AvgIpc) is 2.68. The summed E-state index contributed by atoms with van der Waals surface area (Å²) in [5, 5.41) is 18.4. The SMILES string of the molecule is CCC[C@H](O)C1(CO)CC1. The fourth-order valence-electron chi connectivity index (χ4n) is 1.34. The third-order valence-corrected chi connectivity index (χ3v) is 2.48. The van der Waals surface area contributed by atoms with Crippen molar-refractivity contribution in [2.24, 2.45) is 5.41 Å². The molecule has 0 aromatic heterocycles. The summed E-state index contributed by atoms with van der Waals surface area (Å²) in [5.74, 6) is 0. The Morgan fingerprint density at radius 2 is 2.10 bits per heavy atom. The van der Waals surface area contributed by atoms with Crippen molar-refractivity contribution >= 4 is 0 Å². The van der Waals surface area contributed by atoms with E-state index >= 15 is 0 Å². The standard InChI is InChI=1S/C8H16O2/c1-2-3-7(10)8(6-9)4-5-8/h7,9-10H,2-6H2,1H3/t7-/m0/s1. The molecule has 0 aromatic carbocycles. The largest absolute Gasteiger partial charge is 0.396 e. The van der Waals surface area contributed by atoms with Gasteiger partial charge in [0.15, 0.2) is 0 Å². The summed E-state index contributed by atoms with van der Waals surface area (Å²) in [7, 11) is 0. The minimum Gasteiger partial charge on any atom is -0.396 e. The normalized spacial score (nSPS) is 24.3. The Balaban J connectivity index is 2.32. The smallest absolute Gasteiger partial charge is 0.0618 e. The van der Waals surface area contributed by atoms with E-state index in [1.54, 1.807) is 0 Å². The zero-order valence-electron chi connectivity index (χ0n) is 6.51. The van der Waals surface area contributed by atoms with Crippen molar-refractivity contribution in [1.82, 2.24) is 0 Å². The predicted molar refractivity (Wildman–Crippen MR) is 39.7 cm³/mol. The second-order valence-corrected chi connectivity index (χ2v) is 3.32. The van der Waals surface area contributed by atoms with Gasteiger partial charge in [-0.15, -0.1) is 0 Å². The van der Waals surface area contributed by atoms with Gasteiger partial charge < -0.3 is 10.2 Å². The lowest BCUT2D eigenvalue weighted by molar-refractivity contribution is 0.0443. The van der Waals surface area contributed by atoms with Gasteiger partial charge in [0, 0.05) is 5.41 Å². The number of hydrogen-bond donors (Lipinski definition) is 2. The molecule has 0 aliphatic heterocycles. The molecule has 1 aliphatic carbocycles. The van der Waals surface area contributed by atoms with Crippen LogP contribution in [0.25, 0.3) is 0 Å². The fraction of sp³-hybridized carbons (Fsp3) is 1.00. The van der Waals surface area contributed by atoms with Gasteiger partial charge in [-0.1, -0.05) is 13.3 Å². The first-order chi connectivity index (χ1) is 4.75. The van der Waals surface area contributed by atoms with Crippen molar-refractivity contribution in [2.75, 3.05) is 6.61 Å². The van der Waals surface area contributed by atoms with E-state index in [2.05, 4.69) is 6.92 Å². The molecule has 1 saturated carbocycles. The van der Waals surface area contributed by atoms with Crippen LogP contribution in [-0.2, 0) is 0 Å². The van der Waals surface area contributed by atoms with Crippen LogP contribution in [0.2, 0.25) is 0 Å². The zero-order chi connectivity index (χ0) is 7.61. The molecule has 0 spiro atoms. The lowest BCUT2D eigenvalue weighted by Gasteiger charge is -2.18. The van der Waals surface area contributed by atoms with E-state index in [9.17, 15) is 5.11 Å². The van der Waals surface area contributed by atoms with E-state index < -0.39 is 0 Å². The van der Waals surface area contributed by atoms with E-state index in [0.717, 1.165) is 25.7 Å². The summed E-state index contributed by atoms with van der Waals surface area (Å²) in [4.78, 5) is 0. The molecule has 0 bridgehead atoms. The van der Waals surface area contributed by atoms with Gasteiger partial charge in [0.2, 0.25) is 0 Å². The first-order valence-corrected chi connectivity index (χ1v) is 4.04. The quantitative estimate of drug-likeness (QED) is 0.616. The Morgan fingerprint density at radius 1 is 1.50 bits per heavy atom. The van der Waals surface area contributed by atoms with Gasteiger partial charge in [0.05, 0.1) is 12.7 Å². The maximum Gasteiger partial charge on any atom is 0.0618 e. The maximum atomic E-state index is 9.48. The first-order valence-electron chi connectivity index (χ1n) is 4.04. The third kappa shape index (κ3) is 1.32. The molecule has 10 heavy (non-hydrogen) atoms. The second kappa shape index (κ2) is 2.89. The van der Waals surface area contributed by atoms with Crippen LogP contribution in [0, 0.1) is 5.41 Å². The van der Waals surface area contributed by atoms with Gasteiger partial charge in [0.1, 0.15) is 0 Å². The highest BCUT2D eigenvalue weighted by molar-refractivity contribution is 4.97. The van der Waals surface area contributed by atoms with Crippen LogP contribution < -0.4 is 0 Å². The highest BCUT2D eigenvalue weighted by Gasteiger charge is 2.47. The summed E-state index contributed by atoms with van der Waals surface area (Å²) in [6.45, 7) is 2.21. The van der Waals surface area contributed by atoms with Crippen molar-refractivity contribution < 1.29 is 10.2 Å². The molecule has 1 aliphatic rings. The number of aliphatic hydroxyl groups excluding tert-OH is 2. The molecule has 2 nitrogen and oxygen atoms in total. The average molecular weight is 144 g/mol. The lowest BCUT2D eigenvalue weighted by atomic mass is 9.97. The summed E-state index contributed by atoms with van der Waals surface area (Å²) in [6, 6.07) is 0. The number of aliphatic hydroxyl groups is 2. The highest BCUT2D eigenvalue weighted by Crippen LogP contribution is 2.49. The van der Waals surface area contributed by atoms with E-state index in [4.69, 9.17) is 5.11 Å². The molecule has 0 aromatic rings. The summed E-state index contributed by atoms with van der Waals surface area (Å²) < 4.78 is 0. The molecule has 1 rings (SSSR count). The molecule has 60 valence electrons. The van der Waals surface area contributed by atoms with E-state index in [0.29, 0.717) is 0 Å². The zero-order valence-corrected chi connectivity index (χ0v) is 6.51. The van der Waals surface area contributed by atoms with Crippen molar-refractivity contribution in [3.63, 3.8) is 0 Å². The molecule has 0 heterocycles. The summed E-state index contributed by atoms with van der Waals surface area (Å²) >= 11 is 0. The topological polar surface area (TPSA) is 40.5 Å². The van der Waals surface area contributed by atoms with Crippen LogP contribution in [0.1, 0.15) is 32.6 Å². The van der Waals surface area contributed by atoms with Gasteiger partial charge in [-0.2, -0.15) is 0 Å². The number of rotatable bonds is 4. The van der Waals surface area contributed by atoms with Gasteiger partial charge in [-0.3, -0.25) is 0 Å². The second-order valence-electron chi connectivity index (χ2n) is 3.32. The van der Waals surface area contributed by atoms with Crippen LogP contribution in [0.3, 0.4) is 0 Å². The van der Waals surface area contributed by atoms with Crippen LogP contribution in [0.15, 0.2) is 0 Å². The Hall–Kier alpha value is -0.0800. The minimum absolute atomic E-state index is 0.0873. The van der Waals surface area contributed by atoms with Gasteiger partial charge in [0.25, 0.3) is 0 Å². The molecule has 0 radical (unpaired) electrons. The highest BCUT2D eigenvalue weighted by atomic mass is 16.3. The summed E-state index contributed by atoms with van der Waals surface area (Å²) in [5.41, 5.74) is -0.0873. The van der Waals surface area contributed by atoms with Crippen molar-refractivity contribution in [1.29, 1.82) is 0 Å². The van der Waals surface area contributed by atoms with Crippen LogP contribution in [0.4, 0.5) is 0 Å². The van der Waals surface area contributed by atoms with Crippen LogP contribution in [0.5, 0.6) is 0 Å². The van der Waals surface area contributed by atoms with E-state index in [1.165, 1.54) is 0 Å². The Morgan fingerprint density at radius 3 is 2.40 bits per heavy atom. The van der Waals surface area contributed by atoms with Crippen molar-refractivity contribution in [3.05, 3.63) is 0 Å². The van der Waals surface area contributed by atoms with Gasteiger partial charge >= 0.3 is 0 Å². The fourth-order valence-corrected chi connectivity index (χ4v) is 1.34. The Kier molecular flexibility index (Phi) is 2.32. The molecule has 2 heteroatoms. The molecule has 1 atom stereocenters. The van der Waals surface area contributed by atoms with Crippen molar-refractivity contribution in [3.8, 4) is 0 Å². The number of hydrogen-bond acceptors (Lipinski definition) is 2. The Bertz CT molecular complexity index is 108. The molecule has 2 N–H and O–H groups in total. The first kappa shape index (κ1) is 8.02. The maximum absolute atomic E-state index is 9.48. The molecular formula is C8H16O2. The Labute approximate surface area is 61.9 Å². The monoisotopic (exact) mass is 144 g/mol. The molecule has 0 saturated heterocycles. The van der Waals surface area contributed by atoms with Crippen LogP contribution >= 0.6 is 0 Å². The third-order valence-electron chi connectivity index (χ3n) is 2.48. The minimum atomic E-state index is -0.262. The van der Waals surface area contributed by atoms with Crippen LogP contribution in [-0.4, -0.2) is 22.9 Å². The van der Waals surface area contributed by atoms with E-state index in [-0.39, 0.29) is 18.1 Å². The lowest BCUT2D eigenvalue weighted by Crippen LogP contribution is -2.24. The molecule has 0 amide bonds. The van der Waals surface area contributed by atoms with Gasteiger partial charge in [-0.25, -0.2) is 0 Å². The molecular weight excluding hydrogens is 128 g/mol. The predicted octanol–water partition coefficient (Wildman–Crippen LogP) is 0.920.